The van der Waals surface area contributed by atoms with Crippen LogP contribution in [0.4, 0.5) is 0 Å². The second-order valence-electron chi connectivity index (χ2n) is 7.34. The summed E-state index contributed by atoms with van der Waals surface area (Å²) in [6, 6.07) is 15.7. The van der Waals surface area contributed by atoms with Gasteiger partial charge in [-0.1, -0.05) is 42.0 Å². The Morgan fingerprint density at radius 3 is 2.43 bits per heavy atom. The summed E-state index contributed by atoms with van der Waals surface area (Å²) in [7, 11) is 0. The molecule has 4 aromatic rings. The first-order valence-electron chi connectivity index (χ1n) is 9.33. The summed E-state index contributed by atoms with van der Waals surface area (Å²) >= 11 is 0. The highest BCUT2D eigenvalue weighted by Crippen LogP contribution is 2.22. The standard InChI is InChI=1S/C23H23N3O2/c1-15-4-7-18(8-5-15)22(27)14-25-10-11-26-21(23(25)28)13-20(24-26)19-9-6-16(2)17(3)12-19/h4-13,22,27H,14H2,1-3H3. The van der Waals surface area contributed by atoms with E-state index < -0.39 is 6.10 Å². The Labute approximate surface area is 163 Å². The molecule has 0 amide bonds. The van der Waals surface area contributed by atoms with Gasteiger partial charge in [-0.2, -0.15) is 5.10 Å². The number of hydrogen-bond donors (Lipinski definition) is 1. The first-order chi connectivity index (χ1) is 13.4. The highest BCUT2D eigenvalue weighted by molar-refractivity contribution is 5.66. The van der Waals surface area contributed by atoms with E-state index in [9.17, 15) is 9.90 Å². The number of aliphatic hydroxyl groups excluding tert-OH is 1. The highest BCUT2D eigenvalue weighted by atomic mass is 16.3. The molecule has 0 aliphatic carbocycles. The molecule has 0 saturated carbocycles. The van der Waals surface area contributed by atoms with E-state index in [-0.39, 0.29) is 12.1 Å². The van der Waals surface area contributed by atoms with Gasteiger partial charge in [-0.15, -0.1) is 0 Å². The fourth-order valence-electron chi connectivity index (χ4n) is 3.29. The van der Waals surface area contributed by atoms with Crippen LogP contribution in [0.2, 0.25) is 0 Å². The van der Waals surface area contributed by atoms with Crippen LogP contribution in [0.5, 0.6) is 0 Å². The molecule has 2 aromatic heterocycles. The monoisotopic (exact) mass is 373 g/mol. The Hall–Kier alpha value is -3.18. The van der Waals surface area contributed by atoms with Gasteiger partial charge in [0.1, 0.15) is 5.52 Å². The number of fused-ring (bicyclic) bond motifs is 1. The van der Waals surface area contributed by atoms with Gasteiger partial charge in [0.25, 0.3) is 5.56 Å². The minimum absolute atomic E-state index is 0.170. The van der Waals surface area contributed by atoms with E-state index in [1.807, 2.05) is 37.3 Å². The summed E-state index contributed by atoms with van der Waals surface area (Å²) in [4.78, 5) is 12.9. The zero-order valence-corrected chi connectivity index (χ0v) is 16.3. The molecule has 28 heavy (non-hydrogen) atoms. The van der Waals surface area contributed by atoms with Crippen LogP contribution in [0.1, 0.15) is 28.4 Å². The zero-order valence-electron chi connectivity index (χ0n) is 16.3. The largest absolute Gasteiger partial charge is 0.387 e. The molecular formula is C23H23N3O2. The third-order valence-corrected chi connectivity index (χ3v) is 5.24. The van der Waals surface area contributed by atoms with Crippen molar-refractivity contribution in [2.75, 3.05) is 0 Å². The zero-order chi connectivity index (χ0) is 19.8. The average molecular weight is 373 g/mol. The van der Waals surface area contributed by atoms with E-state index in [2.05, 4.69) is 31.1 Å². The van der Waals surface area contributed by atoms with Crippen molar-refractivity contribution >= 4 is 5.52 Å². The van der Waals surface area contributed by atoms with Crippen LogP contribution in [-0.4, -0.2) is 19.3 Å². The Bertz CT molecular complexity index is 1200. The molecule has 1 N–H and O–H groups in total. The maximum absolute atomic E-state index is 12.9. The SMILES string of the molecule is Cc1ccc(C(O)Cn2ccn3nc(-c4ccc(C)c(C)c4)cc3c2=O)cc1. The summed E-state index contributed by atoms with van der Waals surface area (Å²) < 4.78 is 3.13. The molecular weight excluding hydrogens is 350 g/mol. The van der Waals surface area contributed by atoms with Crippen molar-refractivity contribution in [2.45, 2.75) is 33.4 Å². The third kappa shape index (κ3) is 3.37. The topological polar surface area (TPSA) is 59.5 Å². The molecule has 0 spiro atoms. The molecule has 5 heteroatoms. The van der Waals surface area contributed by atoms with Gasteiger partial charge in [0.15, 0.2) is 0 Å². The molecule has 2 aromatic carbocycles. The van der Waals surface area contributed by atoms with Crippen LogP contribution in [0.15, 0.2) is 65.7 Å². The number of aryl methyl sites for hydroxylation is 3. The fraction of sp³-hybridized carbons (Fsp3) is 0.217. The molecule has 0 aliphatic heterocycles. The molecule has 5 nitrogen and oxygen atoms in total. The number of aromatic nitrogens is 3. The van der Waals surface area contributed by atoms with E-state index in [1.165, 1.54) is 15.7 Å². The molecule has 2 heterocycles. The van der Waals surface area contributed by atoms with Crippen molar-refractivity contribution in [3.8, 4) is 11.3 Å². The maximum Gasteiger partial charge on any atom is 0.276 e. The predicted octanol–water partition coefficient (Wildman–Crippen LogP) is 3.82. The Kier molecular flexibility index (Phi) is 4.61. The molecule has 142 valence electrons. The van der Waals surface area contributed by atoms with Gasteiger partial charge in [0.05, 0.1) is 18.3 Å². The van der Waals surface area contributed by atoms with Gasteiger partial charge >= 0.3 is 0 Å². The Balaban J connectivity index is 1.68. The van der Waals surface area contributed by atoms with Crippen molar-refractivity contribution in [1.82, 2.24) is 14.2 Å². The van der Waals surface area contributed by atoms with E-state index in [1.54, 1.807) is 23.0 Å². The van der Waals surface area contributed by atoms with Crippen molar-refractivity contribution in [1.29, 1.82) is 0 Å². The molecule has 0 radical (unpaired) electrons. The molecule has 0 bridgehead atoms. The minimum atomic E-state index is -0.747. The van der Waals surface area contributed by atoms with Gasteiger partial charge in [-0.3, -0.25) is 4.79 Å². The minimum Gasteiger partial charge on any atom is -0.387 e. The lowest BCUT2D eigenvalue weighted by molar-refractivity contribution is 0.155. The second-order valence-corrected chi connectivity index (χ2v) is 7.34. The lowest BCUT2D eigenvalue weighted by Gasteiger charge is -2.13. The lowest BCUT2D eigenvalue weighted by Crippen LogP contribution is -2.24. The Morgan fingerprint density at radius 1 is 0.964 bits per heavy atom. The summed E-state index contributed by atoms with van der Waals surface area (Å²) in [5, 5.41) is 15.1. The molecule has 1 unspecified atom stereocenters. The first-order valence-corrected chi connectivity index (χ1v) is 9.33. The van der Waals surface area contributed by atoms with Crippen molar-refractivity contribution in [3.05, 3.63) is 93.5 Å². The molecule has 0 aliphatic rings. The number of aliphatic hydroxyl groups is 1. The van der Waals surface area contributed by atoms with Crippen molar-refractivity contribution in [2.24, 2.45) is 0 Å². The highest BCUT2D eigenvalue weighted by Gasteiger charge is 2.13. The molecule has 4 rings (SSSR count). The predicted molar refractivity (Wildman–Crippen MR) is 111 cm³/mol. The normalized spacial score (nSPS) is 12.4. The number of hydrogen-bond acceptors (Lipinski definition) is 3. The van der Waals surface area contributed by atoms with Crippen LogP contribution in [0.3, 0.4) is 0 Å². The summed E-state index contributed by atoms with van der Waals surface area (Å²) in [5.74, 6) is 0. The van der Waals surface area contributed by atoms with E-state index >= 15 is 0 Å². The summed E-state index contributed by atoms with van der Waals surface area (Å²) in [5.41, 5.74) is 6.40. The van der Waals surface area contributed by atoms with Gasteiger partial charge in [0.2, 0.25) is 0 Å². The van der Waals surface area contributed by atoms with Gasteiger partial charge in [-0.25, -0.2) is 4.52 Å². The van der Waals surface area contributed by atoms with E-state index in [4.69, 9.17) is 0 Å². The quantitative estimate of drug-likeness (QED) is 0.592. The van der Waals surface area contributed by atoms with Crippen LogP contribution >= 0.6 is 0 Å². The van der Waals surface area contributed by atoms with E-state index in [0.29, 0.717) is 5.52 Å². The summed E-state index contributed by atoms with van der Waals surface area (Å²) in [6.45, 7) is 6.33. The fourth-order valence-corrected chi connectivity index (χ4v) is 3.29. The van der Waals surface area contributed by atoms with Crippen LogP contribution in [-0.2, 0) is 6.54 Å². The van der Waals surface area contributed by atoms with Gasteiger partial charge < -0.3 is 9.67 Å². The molecule has 0 fully saturated rings. The third-order valence-electron chi connectivity index (χ3n) is 5.24. The van der Waals surface area contributed by atoms with Gasteiger partial charge in [-0.05, 0) is 49.6 Å². The van der Waals surface area contributed by atoms with E-state index in [0.717, 1.165) is 22.4 Å². The van der Waals surface area contributed by atoms with Crippen molar-refractivity contribution < 1.29 is 5.11 Å². The van der Waals surface area contributed by atoms with Gasteiger partial charge in [0, 0.05) is 18.0 Å². The molecule has 1 atom stereocenters. The lowest BCUT2D eigenvalue weighted by atomic mass is 10.0. The Morgan fingerprint density at radius 2 is 1.71 bits per heavy atom. The number of rotatable bonds is 4. The average Bonchev–Trinajstić information content (AvgIpc) is 3.12. The van der Waals surface area contributed by atoms with Crippen LogP contribution in [0, 0.1) is 20.8 Å². The summed E-state index contributed by atoms with van der Waals surface area (Å²) in [6.07, 6.45) is 2.68. The number of benzene rings is 2. The van der Waals surface area contributed by atoms with Crippen LogP contribution < -0.4 is 5.56 Å². The van der Waals surface area contributed by atoms with Crippen molar-refractivity contribution in [3.63, 3.8) is 0 Å². The maximum atomic E-state index is 12.9. The number of nitrogens with zero attached hydrogens (tertiary/aromatic N) is 3. The van der Waals surface area contributed by atoms with Crippen LogP contribution in [0.25, 0.3) is 16.8 Å². The first kappa shape index (κ1) is 18.2. The second kappa shape index (κ2) is 7.09. The smallest absolute Gasteiger partial charge is 0.276 e. The molecule has 0 saturated heterocycles.